The summed E-state index contributed by atoms with van der Waals surface area (Å²) >= 11 is 1.88. The lowest BCUT2D eigenvalue weighted by Crippen LogP contribution is -2.31. The summed E-state index contributed by atoms with van der Waals surface area (Å²) in [6.45, 7) is 6.59. The number of thioether (sulfide) groups is 1. The summed E-state index contributed by atoms with van der Waals surface area (Å²) in [6, 6.07) is 2.11. The van der Waals surface area contributed by atoms with Gasteiger partial charge in [-0.15, -0.1) is 0 Å². The zero-order valence-corrected chi connectivity index (χ0v) is 10.6. The normalized spacial score (nSPS) is 14.2. The first-order chi connectivity index (χ1) is 6.92. The molecular formula is C10H20N4S. The Bertz CT molecular complexity index is 303. The maximum atomic E-state index is 5.53. The van der Waals surface area contributed by atoms with Crippen LogP contribution < -0.4 is 11.3 Å². The molecule has 0 saturated heterocycles. The molecule has 1 unspecified atom stereocenters. The Hall–Kier alpha value is -0.520. The van der Waals surface area contributed by atoms with Crippen LogP contribution in [0.25, 0.3) is 0 Å². The van der Waals surface area contributed by atoms with Crippen molar-refractivity contribution < 1.29 is 0 Å². The van der Waals surface area contributed by atoms with Gasteiger partial charge >= 0.3 is 0 Å². The zero-order chi connectivity index (χ0) is 11.5. The summed E-state index contributed by atoms with van der Waals surface area (Å²) in [4.78, 5) is 0. The Morgan fingerprint density at radius 3 is 2.67 bits per heavy atom. The van der Waals surface area contributed by atoms with Gasteiger partial charge in [0.1, 0.15) is 0 Å². The minimum Gasteiger partial charge on any atom is -0.275 e. The minimum atomic E-state index is 0.121. The van der Waals surface area contributed by atoms with Crippen molar-refractivity contribution in [1.29, 1.82) is 0 Å². The molecule has 0 aliphatic rings. The predicted octanol–water partition coefficient (Wildman–Crippen LogP) is 1.46. The van der Waals surface area contributed by atoms with Gasteiger partial charge in [-0.3, -0.25) is 16.0 Å². The van der Waals surface area contributed by atoms with Gasteiger partial charge in [0.05, 0.1) is 11.7 Å². The molecule has 1 aromatic rings. The molecule has 0 aromatic carbocycles. The average molecular weight is 228 g/mol. The highest BCUT2D eigenvalue weighted by Gasteiger charge is 2.17. The van der Waals surface area contributed by atoms with Gasteiger partial charge in [0.25, 0.3) is 0 Å². The molecule has 1 rings (SSSR count). The van der Waals surface area contributed by atoms with E-state index in [1.165, 1.54) is 0 Å². The van der Waals surface area contributed by atoms with E-state index in [-0.39, 0.29) is 10.8 Å². The van der Waals surface area contributed by atoms with Crippen LogP contribution >= 0.6 is 11.8 Å². The Kier molecular flexibility index (Phi) is 4.19. The van der Waals surface area contributed by atoms with Crippen LogP contribution in [0.4, 0.5) is 0 Å². The van der Waals surface area contributed by atoms with Gasteiger partial charge in [-0.2, -0.15) is 16.9 Å². The fourth-order valence-corrected chi connectivity index (χ4v) is 2.10. The number of aryl methyl sites for hydroxylation is 1. The molecule has 86 valence electrons. The lowest BCUT2D eigenvalue weighted by atomic mass is 10.2. The summed E-state index contributed by atoms with van der Waals surface area (Å²) in [5.74, 6) is 6.46. The largest absolute Gasteiger partial charge is 0.275 e. The fraction of sp³-hybridized carbons (Fsp3) is 0.700. The first-order valence-corrected chi connectivity index (χ1v) is 6.00. The van der Waals surface area contributed by atoms with E-state index in [1.54, 1.807) is 4.68 Å². The van der Waals surface area contributed by atoms with Crippen LogP contribution in [0.2, 0.25) is 0 Å². The third-order valence-corrected chi connectivity index (χ3v) is 3.34. The predicted molar refractivity (Wildman–Crippen MR) is 65.5 cm³/mol. The van der Waals surface area contributed by atoms with Gasteiger partial charge in [-0.05, 0) is 6.07 Å². The van der Waals surface area contributed by atoms with E-state index in [0.29, 0.717) is 0 Å². The number of nitrogens with two attached hydrogens (primary N) is 1. The van der Waals surface area contributed by atoms with E-state index >= 15 is 0 Å². The molecule has 3 N–H and O–H groups in total. The second-order valence-corrected chi connectivity index (χ2v) is 6.40. The van der Waals surface area contributed by atoms with Gasteiger partial charge < -0.3 is 0 Å². The van der Waals surface area contributed by atoms with Gasteiger partial charge in [0.15, 0.2) is 0 Å². The summed E-state index contributed by atoms with van der Waals surface area (Å²) in [5, 5.41) is 4.34. The molecule has 0 fully saturated rings. The fourth-order valence-electron chi connectivity index (χ4n) is 1.17. The summed E-state index contributed by atoms with van der Waals surface area (Å²) in [5.41, 5.74) is 3.80. The van der Waals surface area contributed by atoms with Crippen LogP contribution in [0.3, 0.4) is 0 Å². The lowest BCUT2D eigenvalue weighted by Gasteiger charge is -2.21. The molecule has 1 aromatic heterocycles. The van der Waals surface area contributed by atoms with E-state index in [1.807, 2.05) is 31.1 Å². The summed E-state index contributed by atoms with van der Waals surface area (Å²) in [6.07, 6.45) is 1.93. The van der Waals surface area contributed by atoms with Gasteiger partial charge in [0.2, 0.25) is 0 Å². The second kappa shape index (κ2) is 5.01. The molecular weight excluding hydrogens is 208 g/mol. The van der Waals surface area contributed by atoms with Gasteiger partial charge in [0, 0.05) is 23.7 Å². The van der Waals surface area contributed by atoms with Crippen molar-refractivity contribution in [1.82, 2.24) is 15.2 Å². The van der Waals surface area contributed by atoms with Gasteiger partial charge in [-0.25, -0.2) is 0 Å². The molecule has 0 aliphatic heterocycles. The molecule has 0 amide bonds. The molecule has 5 heteroatoms. The highest BCUT2D eigenvalue weighted by atomic mass is 32.2. The zero-order valence-electron chi connectivity index (χ0n) is 9.82. The second-order valence-electron chi connectivity index (χ2n) is 4.56. The van der Waals surface area contributed by atoms with Crippen molar-refractivity contribution >= 4 is 11.8 Å². The van der Waals surface area contributed by atoms with Crippen LogP contribution in [-0.2, 0) is 7.05 Å². The van der Waals surface area contributed by atoms with Crippen LogP contribution in [0, 0.1) is 0 Å². The van der Waals surface area contributed by atoms with Crippen LogP contribution in [0.1, 0.15) is 32.5 Å². The number of nitrogens with one attached hydrogen (secondary N) is 1. The smallest absolute Gasteiger partial charge is 0.0815 e. The third kappa shape index (κ3) is 4.24. The quantitative estimate of drug-likeness (QED) is 0.605. The standard InChI is InChI=1S/C10H20N4S/c1-10(2,3)15-7-9(12-11)8-5-6-14(4)13-8/h5-6,9,12H,7,11H2,1-4H3. The van der Waals surface area contributed by atoms with Gasteiger partial charge in [-0.1, -0.05) is 20.8 Å². The monoisotopic (exact) mass is 228 g/mol. The van der Waals surface area contributed by atoms with E-state index in [4.69, 9.17) is 5.84 Å². The molecule has 4 nitrogen and oxygen atoms in total. The van der Waals surface area contributed by atoms with E-state index in [2.05, 4.69) is 31.3 Å². The number of hydrogen-bond acceptors (Lipinski definition) is 4. The number of hydrazine groups is 1. The average Bonchev–Trinajstić information content (AvgIpc) is 2.51. The summed E-state index contributed by atoms with van der Waals surface area (Å²) in [7, 11) is 1.91. The molecule has 0 bridgehead atoms. The van der Waals surface area contributed by atoms with Crippen molar-refractivity contribution in [2.45, 2.75) is 31.6 Å². The lowest BCUT2D eigenvalue weighted by molar-refractivity contribution is 0.578. The SMILES string of the molecule is Cn1ccc(C(CSC(C)(C)C)NN)n1. The van der Waals surface area contributed by atoms with Crippen LogP contribution in [-0.4, -0.2) is 20.3 Å². The molecule has 0 saturated carbocycles. The number of aromatic nitrogens is 2. The van der Waals surface area contributed by atoms with Crippen molar-refractivity contribution in [3.8, 4) is 0 Å². The molecule has 0 aliphatic carbocycles. The minimum absolute atomic E-state index is 0.121. The van der Waals surface area contributed by atoms with E-state index in [9.17, 15) is 0 Å². The molecule has 15 heavy (non-hydrogen) atoms. The maximum absolute atomic E-state index is 5.53. The molecule has 1 atom stereocenters. The van der Waals surface area contributed by atoms with Crippen molar-refractivity contribution in [2.24, 2.45) is 12.9 Å². The molecule has 0 radical (unpaired) electrons. The Labute approximate surface area is 95.6 Å². The molecule has 0 spiro atoms. The van der Waals surface area contributed by atoms with Crippen molar-refractivity contribution in [3.05, 3.63) is 18.0 Å². The maximum Gasteiger partial charge on any atom is 0.0815 e. The Morgan fingerprint density at radius 1 is 1.60 bits per heavy atom. The van der Waals surface area contributed by atoms with E-state index in [0.717, 1.165) is 11.4 Å². The van der Waals surface area contributed by atoms with Crippen LogP contribution in [0.15, 0.2) is 12.3 Å². The van der Waals surface area contributed by atoms with E-state index < -0.39 is 0 Å². The number of nitrogens with zero attached hydrogens (tertiary/aromatic N) is 2. The Balaban J connectivity index is 2.57. The highest BCUT2D eigenvalue weighted by molar-refractivity contribution is 8.00. The van der Waals surface area contributed by atoms with Crippen LogP contribution in [0.5, 0.6) is 0 Å². The first kappa shape index (κ1) is 12.5. The third-order valence-electron chi connectivity index (χ3n) is 1.98. The highest BCUT2D eigenvalue weighted by Crippen LogP contribution is 2.27. The van der Waals surface area contributed by atoms with Crippen molar-refractivity contribution in [3.63, 3.8) is 0 Å². The van der Waals surface area contributed by atoms with Crippen molar-refractivity contribution in [2.75, 3.05) is 5.75 Å². The number of rotatable bonds is 4. The summed E-state index contributed by atoms with van der Waals surface area (Å²) < 4.78 is 2.05. The first-order valence-electron chi connectivity index (χ1n) is 5.02. The topological polar surface area (TPSA) is 55.9 Å². The number of hydrogen-bond donors (Lipinski definition) is 2. The molecule has 1 heterocycles. The Morgan fingerprint density at radius 2 is 2.27 bits per heavy atom.